The second-order valence-electron chi connectivity index (χ2n) is 6.02. The Morgan fingerprint density at radius 2 is 1.74 bits per heavy atom. The third kappa shape index (κ3) is 3.37. The summed E-state index contributed by atoms with van der Waals surface area (Å²) in [6, 6.07) is 9.53. The molecule has 0 bridgehead atoms. The van der Waals surface area contributed by atoms with E-state index in [2.05, 4.69) is 34.5 Å². The molecule has 0 saturated carbocycles. The Morgan fingerprint density at radius 1 is 1.00 bits per heavy atom. The maximum atomic E-state index is 3.72. The van der Waals surface area contributed by atoms with Crippen LogP contribution < -0.4 is 5.32 Å². The normalized spacial score (nSPS) is 25.4. The Morgan fingerprint density at radius 3 is 2.58 bits per heavy atom. The molecule has 1 aromatic carbocycles. The van der Waals surface area contributed by atoms with Gasteiger partial charge in [0.25, 0.3) is 0 Å². The number of rotatable bonds is 2. The number of fused-ring (bicyclic) bond motifs is 1. The summed E-state index contributed by atoms with van der Waals surface area (Å²) in [6.45, 7) is 4.91. The Hall–Kier alpha value is -0.860. The molecule has 3 rings (SSSR count). The van der Waals surface area contributed by atoms with E-state index in [1.807, 2.05) is 0 Å². The fraction of sp³-hybridized carbons (Fsp3) is 0.647. The van der Waals surface area contributed by atoms with E-state index in [0.29, 0.717) is 6.04 Å². The molecule has 0 aromatic heterocycles. The second kappa shape index (κ2) is 6.53. The summed E-state index contributed by atoms with van der Waals surface area (Å²) in [5.41, 5.74) is 3.09. The molecule has 104 valence electrons. The van der Waals surface area contributed by atoms with Crippen LogP contribution in [0.2, 0.25) is 0 Å². The van der Waals surface area contributed by atoms with Gasteiger partial charge in [-0.15, -0.1) is 0 Å². The van der Waals surface area contributed by atoms with Crippen molar-refractivity contribution in [1.82, 2.24) is 10.2 Å². The molecule has 0 radical (unpaired) electrons. The molecule has 2 nitrogen and oxygen atoms in total. The summed E-state index contributed by atoms with van der Waals surface area (Å²) >= 11 is 0. The van der Waals surface area contributed by atoms with Crippen molar-refractivity contribution in [2.24, 2.45) is 0 Å². The molecule has 0 aliphatic carbocycles. The highest BCUT2D eigenvalue weighted by molar-refractivity contribution is 5.32. The van der Waals surface area contributed by atoms with Crippen LogP contribution in [0.3, 0.4) is 0 Å². The molecule has 19 heavy (non-hydrogen) atoms. The first-order chi connectivity index (χ1) is 9.43. The third-order valence-electron chi connectivity index (χ3n) is 4.61. The zero-order valence-corrected chi connectivity index (χ0v) is 11.9. The molecule has 2 heterocycles. The van der Waals surface area contributed by atoms with Gasteiger partial charge in [0.05, 0.1) is 0 Å². The predicted octanol–water partition coefficient (Wildman–Crippen LogP) is 3.14. The lowest BCUT2D eigenvalue weighted by molar-refractivity contribution is 0.219. The molecule has 0 unspecified atom stereocenters. The second-order valence-corrected chi connectivity index (χ2v) is 6.02. The maximum Gasteiger partial charge on any atom is 0.0452 e. The number of benzene rings is 1. The van der Waals surface area contributed by atoms with Crippen LogP contribution in [0.25, 0.3) is 0 Å². The van der Waals surface area contributed by atoms with Crippen LogP contribution in [0.15, 0.2) is 24.3 Å². The number of hydrogen-bond acceptors (Lipinski definition) is 2. The Balaban J connectivity index is 1.66. The van der Waals surface area contributed by atoms with Crippen LogP contribution in [0.5, 0.6) is 0 Å². The van der Waals surface area contributed by atoms with Gasteiger partial charge < -0.3 is 10.2 Å². The molecule has 1 saturated heterocycles. The molecule has 1 atom stereocenters. The van der Waals surface area contributed by atoms with E-state index in [-0.39, 0.29) is 0 Å². The van der Waals surface area contributed by atoms with Gasteiger partial charge in [0, 0.05) is 12.6 Å². The van der Waals surface area contributed by atoms with Gasteiger partial charge in [-0.05, 0) is 50.0 Å². The highest BCUT2D eigenvalue weighted by Crippen LogP contribution is 2.24. The van der Waals surface area contributed by atoms with E-state index in [1.54, 1.807) is 5.56 Å². The SMILES string of the molecule is c1ccc2c(c1)CCN[C@H]2CN1CCCCCCC1. The van der Waals surface area contributed by atoms with E-state index < -0.39 is 0 Å². The first-order valence-corrected chi connectivity index (χ1v) is 7.97. The molecule has 0 amide bonds. The minimum absolute atomic E-state index is 0.546. The average molecular weight is 258 g/mol. The fourth-order valence-electron chi connectivity index (χ4n) is 3.51. The van der Waals surface area contributed by atoms with Crippen molar-refractivity contribution in [1.29, 1.82) is 0 Å². The topological polar surface area (TPSA) is 15.3 Å². The first-order valence-electron chi connectivity index (χ1n) is 7.97. The molecular weight excluding hydrogens is 232 g/mol. The zero-order valence-electron chi connectivity index (χ0n) is 11.9. The van der Waals surface area contributed by atoms with Crippen molar-refractivity contribution >= 4 is 0 Å². The van der Waals surface area contributed by atoms with E-state index in [0.717, 1.165) is 6.54 Å². The molecule has 1 N–H and O–H groups in total. The summed E-state index contributed by atoms with van der Waals surface area (Å²) in [5.74, 6) is 0. The van der Waals surface area contributed by atoms with Gasteiger partial charge in [0.15, 0.2) is 0 Å². The van der Waals surface area contributed by atoms with E-state index in [1.165, 1.54) is 63.7 Å². The van der Waals surface area contributed by atoms with Gasteiger partial charge in [0.2, 0.25) is 0 Å². The molecule has 1 aromatic rings. The van der Waals surface area contributed by atoms with Crippen LogP contribution in [-0.4, -0.2) is 31.1 Å². The van der Waals surface area contributed by atoms with E-state index in [9.17, 15) is 0 Å². The monoisotopic (exact) mass is 258 g/mol. The van der Waals surface area contributed by atoms with E-state index in [4.69, 9.17) is 0 Å². The van der Waals surface area contributed by atoms with E-state index >= 15 is 0 Å². The quantitative estimate of drug-likeness (QED) is 0.876. The molecular formula is C17H26N2. The first kappa shape index (κ1) is 13.1. The average Bonchev–Trinajstić information content (AvgIpc) is 2.42. The molecule has 1 fully saturated rings. The van der Waals surface area contributed by atoms with Crippen molar-refractivity contribution in [3.8, 4) is 0 Å². The summed E-state index contributed by atoms with van der Waals surface area (Å²) in [5, 5.41) is 3.72. The fourth-order valence-corrected chi connectivity index (χ4v) is 3.51. The predicted molar refractivity (Wildman–Crippen MR) is 80.4 cm³/mol. The van der Waals surface area contributed by atoms with Crippen molar-refractivity contribution in [2.75, 3.05) is 26.2 Å². The Kier molecular flexibility index (Phi) is 4.52. The standard InChI is InChI=1S/C17H26N2/c1-2-6-12-19(13-7-3-1)14-17-16-9-5-4-8-15(16)10-11-18-17/h4-5,8-9,17-18H,1-3,6-7,10-14H2/t17-/m0/s1. The van der Waals surface area contributed by atoms with Gasteiger partial charge >= 0.3 is 0 Å². The lowest BCUT2D eigenvalue weighted by Crippen LogP contribution is -2.40. The Labute approximate surface area is 117 Å². The van der Waals surface area contributed by atoms with Crippen LogP contribution in [0.1, 0.15) is 49.3 Å². The summed E-state index contributed by atoms with van der Waals surface area (Å²) in [4.78, 5) is 2.68. The number of hydrogen-bond donors (Lipinski definition) is 1. The van der Waals surface area contributed by atoms with Gasteiger partial charge in [-0.25, -0.2) is 0 Å². The maximum absolute atomic E-state index is 3.72. The summed E-state index contributed by atoms with van der Waals surface area (Å²) in [6.07, 6.45) is 8.24. The highest BCUT2D eigenvalue weighted by atomic mass is 15.1. The van der Waals surface area contributed by atoms with Crippen LogP contribution >= 0.6 is 0 Å². The number of nitrogens with one attached hydrogen (secondary N) is 1. The van der Waals surface area contributed by atoms with Gasteiger partial charge in [-0.3, -0.25) is 0 Å². The Bertz CT molecular complexity index is 394. The zero-order chi connectivity index (χ0) is 12.9. The van der Waals surface area contributed by atoms with Gasteiger partial charge in [0.1, 0.15) is 0 Å². The lowest BCUT2D eigenvalue weighted by Gasteiger charge is -2.33. The van der Waals surface area contributed by atoms with Gasteiger partial charge in [-0.2, -0.15) is 0 Å². The number of nitrogens with zero attached hydrogens (tertiary/aromatic N) is 1. The van der Waals surface area contributed by atoms with Crippen molar-refractivity contribution in [2.45, 2.75) is 44.6 Å². The highest BCUT2D eigenvalue weighted by Gasteiger charge is 2.21. The minimum Gasteiger partial charge on any atom is -0.309 e. The molecule has 2 aliphatic rings. The summed E-state index contributed by atoms with van der Waals surface area (Å²) in [7, 11) is 0. The van der Waals surface area contributed by atoms with Gasteiger partial charge in [-0.1, -0.05) is 43.5 Å². The van der Waals surface area contributed by atoms with Crippen molar-refractivity contribution in [3.63, 3.8) is 0 Å². The summed E-state index contributed by atoms with van der Waals surface area (Å²) < 4.78 is 0. The lowest BCUT2D eigenvalue weighted by atomic mass is 9.94. The van der Waals surface area contributed by atoms with Crippen molar-refractivity contribution in [3.05, 3.63) is 35.4 Å². The molecule has 2 aliphatic heterocycles. The van der Waals surface area contributed by atoms with Crippen LogP contribution in [-0.2, 0) is 6.42 Å². The van der Waals surface area contributed by atoms with Crippen LogP contribution in [0.4, 0.5) is 0 Å². The third-order valence-corrected chi connectivity index (χ3v) is 4.61. The largest absolute Gasteiger partial charge is 0.309 e. The molecule has 0 spiro atoms. The molecule has 2 heteroatoms. The number of likely N-dealkylation sites (tertiary alicyclic amines) is 1. The van der Waals surface area contributed by atoms with Crippen molar-refractivity contribution < 1.29 is 0 Å². The minimum atomic E-state index is 0.546. The van der Waals surface area contributed by atoms with Crippen LogP contribution in [0, 0.1) is 0 Å². The smallest absolute Gasteiger partial charge is 0.0452 e.